The Morgan fingerprint density at radius 1 is 1.32 bits per heavy atom. The lowest BCUT2D eigenvalue weighted by atomic mass is 10.1. The first-order chi connectivity index (χ1) is 11.8. The number of hydrogen-bond acceptors (Lipinski definition) is 3. The Bertz CT molecular complexity index is 983. The molecule has 7 nitrogen and oxygen atoms in total. The molecule has 2 aromatic heterocycles. The van der Waals surface area contributed by atoms with Crippen molar-refractivity contribution < 1.29 is 18.0 Å². The number of hydrogen-bond donors (Lipinski definition) is 2. The van der Waals surface area contributed by atoms with Crippen LogP contribution in [-0.2, 0) is 19.8 Å². The molecule has 2 N–H and O–H groups in total. The summed E-state index contributed by atoms with van der Waals surface area (Å²) in [6.45, 7) is -0.199. The number of nitrogens with one attached hydrogen (secondary N) is 2. The molecule has 0 aliphatic carbocycles. The smallest absolute Gasteiger partial charge is 0.361 e. The molecule has 2 heterocycles. The van der Waals surface area contributed by atoms with Crippen LogP contribution in [0.4, 0.5) is 13.2 Å². The highest BCUT2D eigenvalue weighted by molar-refractivity contribution is 5.97. The maximum atomic E-state index is 12.7. The van der Waals surface area contributed by atoms with E-state index in [1.807, 2.05) is 6.07 Å². The lowest BCUT2D eigenvalue weighted by Crippen LogP contribution is -2.31. The monoisotopic (exact) mass is 353 g/mol. The molecule has 0 fully saturated rings. The first-order valence-electron chi connectivity index (χ1n) is 7.34. The third-order valence-electron chi connectivity index (χ3n) is 3.72. The Kier molecular flexibility index (Phi) is 4.11. The molecule has 0 bridgehead atoms. The van der Waals surface area contributed by atoms with Gasteiger partial charge in [0.05, 0.1) is 6.54 Å². The highest BCUT2D eigenvalue weighted by Gasteiger charge is 2.37. The van der Waals surface area contributed by atoms with E-state index in [2.05, 4.69) is 15.4 Å². The van der Waals surface area contributed by atoms with E-state index in [0.29, 0.717) is 14.8 Å². The molecule has 0 radical (unpaired) electrons. The largest absolute Gasteiger partial charge is 0.451 e. The van der Waals surface area contributed by atoms with E-state index >= 15 is 0 Å². The number of carbonyl (C=O) groups excluding carboxylic acids is 1. The van der Waals surface area contributed by atoms with Crippen LogP contribution in [0.15, 0.2) is 35.3 Å². The van der Waals surface area contributed by atoms with Crippen molar-refractivity contribution in [3.05, 3.63) is 52.3 Å². The SMILES string of the molecule is Cn1c(C(F)(F)F)nn(CCNC(=O)c2ccc3cc[nH]c3c2)c1=O. The van der Waals surface area contributed by atoms with E-state index in [9.17, 15) is 22.8 Å². The molecule has 1 amide bonds. The van der Waals surface area contributed by atoms with Crippen molar-refractivity contribution in [2.24, 2.45) is 7.05 Å². The van der Waals surface area contributed by atoms with Crippen LogP contribution < -0.4 is 11.0 Å². The fourth-order valence-corrected chi connectivity index (χ4v) is 2.45. The Morgan fingerprint density at radius 2 is 2.08 bits per heavy atom. The topological polar surface area (TPSA) is 84.7 Å². The number of halogens is 3. The first-order valence-corrected chi connectivity index (χ1v) is 7.34. The second-order valence-corrected chi connectivity index (χ2v) is 5.42. The van der Waals surface area contributed by atoms with Crippen LogP contribution in [0.1, 0.15) is 16.2 Å². The highest BCUT2D eigenvalue weighted by Crippen LogP contribution is 2.25. The van der Waals surface area contributed by atoms with Gasteiger partial charge in [0.15, 0.2) is 0 Å². The van der Waals surface area contributed by atoms with Gasteiger partial charge in [-0.25, -0.2) is 9.48 Å². The number of benzene rings is 1. The minimum Gasteiger partial charge on any atom is -0.361 e. The van der Waals surface area contributed by atoms with Gasteiger partial charge in [-0.1, -0.05) is 6.07 Å². The van der Waals surface area contributed by atoms with E-state index in [0.717, 1.165) is 18.0 Å². The summed E-state index contributed by atoms with van der Waals surface area (Å²) in [5, 5.41) is 6.78. The summed E-state index contributed by atoms with van der Waals surface area (Å²) in [5.74, 6) is -1.67. The van der Waals surface area contributed by atoms with Crippen molar-refractivity contribution >= 4 is 16.8 Å². The van der Waals surface area contributed by atoms with Crippen molar-refractivity contribution in [2.75, 3.05) is 6.54 Å². The normalized spacial score (nSPS) is 11.8. The predicted molar refractivity (Wildman–Crippen MR) is 83.1 cm³/mol. The minimum atomic E-state index is -4.71. The number of rotatable bonds is 4. The number of alkyl halides is 3. The summed E-state index contributed by atoms with van der Waals surface area (Å²) in [7, 11) is 0.999. The Labute approximate surface area is 139 Å². The lowest BCUT2D eigenvalue weighted by Gasteiger charge is -2.05. The molecule has 3 aromatic rings. The van der Waals surface area contributed by atoms with Crippen LogP contribution in [0.2, 0.25) is 0 Å². The zero-order valence-corrected chi connectivity index (χ0v) is 13.1. The third-order valence-corrected chi connectivity index (χ3v) is 3.72. The van der Waals surface area contributed by atoms with Crippen LogP contribution in [0.3, 0.4) is 0 Å². The van der Waals surface area contributed by atoms with Gasteiger partial charge in [0, 0.05) is 30.9 Å². The second-order valence-electron chi connectivity index (χ2n) is 5.42. The number of amides is 1. The molecule has 0 saturated heterocycles. The summed E-state index contributed by atoms with van der Waals surface area (Å²) in [5.41, 5.74) is 0.303. The Balaban J connectivity index is 1.66. The van der Waals surface area contributed by atoms with Gasteiger partial charge in [0.2, 0.25) is 5.82 Å². The van der Waals surface area contributed by atoms with Gasteiger partial charge in [-0.3, -0.25) is 9.36 Å². The number of H-pyrrole nitrogens is 1. The van der Waals surface area contributed by atoms with E-state index in [1.54, 1.807) is 24.4 Å². The van der Waals surface area contributed by atoms with Crippen molar-refractivity contribution in [3.63, 3.8) is 0 Å². The molecule has 25 heavy (non-hydrogen) atoms. The maximum absolute atomic E-state index is 12.7. The summed E-state index contributed by atoms with van der Waals surface area (Å²) >= 11 is 0. The van der Waals surface area contributed by atoms with Crippen LogP contribution in [0.5, 0.6) is 0 Å². The molecular formula is C15H14F3N5O2. The fraction of sp³-hybridized carbons (Fsp3) is 0.267. The standard InChI is InChI=1S/C15H14F3N5O2/c1-22-13(15(16,17)18)21-23(14(22)25)7-6-20-12(24)10-3-2-9-4-5-19-11(9)8-10/h2-5,8,19H,6-7H2,1H3,(H,20,24). The van der Waals surface area contributed by atoms with Crippen molar-refractivity contribution in [1.29, 1.82) is 0 Å². The number of aromatic amines is 1. The van der Waals surface area contributed by atoms with Gasteiger partial charge in [-0.2, -0.15) is 13.2 Å². The van der Waals surface area contributed by atoms with E-state index in [4.69, 9.17) is 0 Å². The second kappa shape index (κ2) is 6.11. The molecule has 10 heteroatoms. The Morgan fingerprint density at radius 3 is 2.76 bits per heavy atom. The Hall–Kier alpha value is -3.04. The van der Waals surface area contributed by atoms with E-state index in [-0.39, 0.29) is 13.1 Å². The molecule has 0 aliphatic rings. The van der Waals surface area contributed by atoms with Crippen LogP contribution in [0.25, 0.3) is 10.9 Å². The van der Waals surface area contributed by atoms with Gasteiger partial charge in [0.25, 0.3) is 5.91 Å². The van der Waals surface area contributed by atoms with Crippen LogP contribution >= 0.6 is 0 Å². The summed E-state index contributed by atoms with van der Waals surface area (Å²) < 4.78 is 39.2. The number of fused-ring (bicyclic) bond motifs is 1. The summed E-state index contributed by atoms with van der Waals surface area (Å²) in [6, 6.07) is 6.95. The first kappa shape index (κ1) is 16.8. The van der Waals surface area contributed by atoms with E-state index in [1.165, 1.54) is 0 Å². The molecule has 3 rings (SSSR count). The van der Waals surface area contributed by atoms with E-state index < -0.39 is 23.6 Å². The molecule has 0 spiro atoms. The molecule has 1 aromatic carbocycles. The summed E-state index contributed by atoms with van der Waals surface area (Å²) in [6.07, 6.45) is -2.97. The van der Waals surface area contributed by atoms with Crippen molar-refractivity contribution in [1.82, 2.24) is 24.6 Å². The predicted octanol–water partition coefficient (Wildman–Crippen LogP) is 1.51. The van der Waals surface area contributed by atoms with Crippen molar-refractivity contribution in [3.8, 4) is 0 Å². The highest BCUT2D eigenvalue weighted by atomic mass is 19.4. The number of carbonyl (C=O) groups is 1. The quantitative estimate of drug-likeness (QED) is 0.746. The van der Waals surface area contributed by atoms with Crippen molar-refractivity contribution in [2.45, 2.75) is 12.7 Å². The van der Waals surface area contributed by atoms with Gasteiger partial charge in [0.1, 0.15) is 0 Å². The number of aromatic nitrogens is 4. The van der Waals surface area contributed by atoms with Gasteiger partial charge in [-0.05, 0) is 23.6 Å². The fourth-order valence-electron chi connectivity index (χ4n) is 2.45. The molecule has 0 aliphatic heterocycles. The maximum Gasteiger partial charge on any atom is 0.451 e. The molecule has 132 valence electrons. The molecule has 0 unspecified atom stereocenters. The summed E-state index contributed by atoms with van der Waals surface area (Å²) in [4.78, 5) is 26.8. The molecular weight excluding hydrogens is 339 g/mol. The zero-order valence-electron chi connectivity index (χ0n) is 13.1. The molecule has 0 saturated carbocycles. The van der Waals surface area contributed by atoms with Crippen LogP contribution in [0, 0.1) is 0 Å². The minimum absolute atomic E-state index is 0.0319. The van der Waals surface area contributed by atoms with Gasteiger partial charge >= 0.3 is 11.9 Å². The molecule has 0 atom stereocenters. The average Bonchev–Trinajstić information content (AvgIpc) is 3.13. The average molecular weight is 353 g/mol. The van der Waals surface area contributed by atoms with Gasteiger partial charge in [-0.15, -0.1) is 5.10 Å². The zero-order chi connectivity index (χ0) is 18.2. The lowest BCUT2D eigenvalue weighted by molar-refractivity contribution is -0.147. The number of nitrogens with zero attached hydrogens (tertiary/aromatic N) is 3. The van der Waals surface area contributed by atoms with Gasteiger partial charge < -0.3 is 10.3 Å². The van der Waals surface area contributed by atoms with Crippen LogP contribution in [-0.4, -0.2) is 31.8 Å². The third kappa shape index (κ3) is 3.28.